The van der Waals surface area contributed by atoms with Crippen molar-refractivity contribution < 1.29 is 4.79 Å². The number of benzene rings is 2. The van der Waals surface area contributed by atoms with E-state index in [0.29, 0.717) is 6.42 Å². The van der Waals surface area contributed by atoms with Crippen LogP contribution in [-0.2, 0) is 0 Å². The quantitative estimate of drug-likeness (QED) is 0.575. The van der Waals surface area contributed by atoms with Crippen LogP contribution in [0.1, 0.15) is 30.1 Å². The molecule has 0 spiro atoms. The molecule has 0 radical (unpaired) electrons. The van der Waals surface area contributed by atoms with Crippen LogP contribution in [0.5, 0.6) is 0 Å². The molecule has 0 saturated carbocycles. The Morgan fingerprint density at radius 2 is 1.94 bits per heavy atom. The van der Waals surface area contributed by atoms with Gasteiger partial charge in [-0.1, -0.05) is 49.4 Å². The van der Waals surface area contributed by atoms with E-state index in [1.54, 1.807) is 6.21 Å². The number of carbonyl (C=O) groups excluding carboxylic acids is 1. The first-order valence-electron chi connectivity index (χ1n) is 6.32. The van der Waals surface area contributed by atoms with Crippen LogP contribution in [0.15, 0.2) is 47.5 Å². The van der Waals surface area contributed by atoms with Gasteiger partial charge >= 0.3 is 0 Å². The highest BCUT2D eigenvalue weighted by atomic mass is 16.1. The lowest BCUT2D eigenvalue weighted by atomic mass is 10.0. The Kier molecular flexibility index (Phi) is 4.24. The maximum absolute atomic E-state index is 12.1. The fourth-order valence-electron chi connectivity index (χ4n) is 1.95. The summed E-state index contributed by atoms with van der Waals surface area (Å²) in [5.74, 6) is 0.131. The molecule has 0 heterocycles. The van der Waals surface area contributed by atoms with E-state index < -0.39 is 0 Å². The van der Waals surface area contributed by atoms with Crippen LogP contribution in [0.25, 0.3) is 10.8 Å². The van der Waals surface area contributed by atoms with Crippen molar-refractivity contribution in [3.05, 3.63) is 48.0 Å². The van der Waals surface area contributed by atoms with Gasteiger partial charge in [0.15, 0.2) is 5.78 Å². The Labute approximate surface area is 107 Å². The van der Waals surface area contributed by atoms with Gasteiger partial charge in [-0.05, 0) is 17.2 Å². The highest BCUT2D eigenvalue weighted by Crippen LogP contribution is 2.19. The summed E-state index contributed by atoms with van der Waals surface area (Å²) in [6, 6.07) is 13.8. The fraction of sp³-hybridized carbons (Fsp3) is 0.250. The number of nitrogens with zero attached hydrogens (tertiary/aromatic N) is 1. The number of hydrogen-bond acceptors (Lipinski definition) is 2. The second kappa shape index (κ2) is 6.10. The van der Waals surface area contributed by atoms with Gasteiger partial charge in [-0.3, -0.25) is 9.79 Å². The van der Waals surface area contributed by atoms with Crippen molar-refractivity contribution in [1.82, 2.24) is 0 Å². The number of hydrogen-bond donors (Lipinski definition) is 0. The topological polar surface area (TPSA) is 29.4 Å². The average Bonchev–Trinajstić information content (AvgIpc) is 2.43. The number of ketones is 1. The number of Topliss-reactive ketones (excluding diaryl/α,β-unsaturated/α-hetero) is 1. The maximum Gasteiger partial charge on any atom is 0.168 e. The number of carbonyl (C=O) groups is 1. The second-order valence-electron chi connectivity index (χ2n) is 4.24. The molecule has 0 N–H and O–H groups in total. The zero-order valence-electron chi connectivity index (χ0n) is 10.6. The van der Waals surface area contributed by atoms with Crippen LogP contribution >= 0.6 is 0 Å². The predicted molar refractivity (Wildman–Crippen MR) is 76.5 cm³/mol. The zero-order chi connectivity index (χ0) is 12.8. The van der Waals surface area contributed by atoms with Gasteiger partial charge < -0.3 is 0 Å². The summed E-state index contributed by atoms with van der Waals surface area (Å²) in [7, 11) is 0. The third-order valence-electron chi connectivity index (χ3n) is 2.85. The van der Waals surface area contributed by atoms with Crippen molar-refractivity contribution in [3.8, 4) is 0 Å². The Hall–Kier alpha value is -1.96. The molecule has 2 aromatic rings. The van der Waals surface area contributed by atoms with Gasteiger partial charge in [0.1, 0.15) is 0 Å². The molecule has 0 aromatic heterocycles. The van der Waals surface area contributed by atoms with E-state index in [2.05, 4.69) is 11.9 Å². The van der Waals surface area contributed by atoms with Gasteiger partial charge in [-0.15, -0.1) is 0 Å². The first kappa shape index (κ1) is 12.5. The van der Waals surface area contributed by atoms with Crippen LogP contribution in [0, 0.1) is 0 Å². The standard InChI is InChI=1S/C16H17NO/c1-2-11-17-12-10-16(18)15-9-5-7-13-6-3-4-8-14(13)15/h3-9,12H,2,10-11H2,1H3. The van der Waals surface area contributed by atoms with Crippen molar-refractivity contribution >= 4 is 22.8 Å². The minimum absolute atomic E-state index is 0.131. The maximum atomic E-state index is 12.1. The molecule has 0 aliphatic rings. The Morgan fingerprint density at radius 3 is 2.78 bits per heavy atom. The molecule has 0 saturated heterocycles. The van der Waals surface area contributed by atoms with E-state index in [-0.39, 0.29) is 5.78 Å². The van der Waals surface area contributed by atoms with Gasteiger partial charge in [0, 0.05) is 24.7 Å². The molecule has 0 aliphatic heterocycles. The lowest BCUT2D eigenvalue weighted by molar-refractivity contribution is 0.100. The summed E-state index contributed by atoms with van der Waals surface area (Å²) in [4.78, 5) is 16.3. The number of fused-ring (bicyclic) bond motifs is 1. The zero-order valence-corrected chi connectivity index (χ0v) is 10.6. The molecule has 2 aromatic carbocycles. The van der Waals surface area contributed by atoms with E-state index in [1.165, 1.54) is 0 Å². The van der Waals surface area contributed by atoms with E-state index in [4.69, 9.17) is 0 Å². The molecule has 2 rings (SSSR count). The molecule has 2 nitrogen and oxygen atoms in total. The smallest absolute Gasteiger partial charge is 0.168 e. The third kappa shape index (κ3) is 2.83. The molecule has 0 unspecified atom stereocenters. The molecule has 0 atom stereocenters. The lowest BCUT2D eigenvalue weighted by Gasteiger charge is -2.03. The normalized spacial score (nSPS) is 11.2. The lowest BCUT2D eigenvalue weighted by Crippen LogP contribution is -2.00. The largest absolute Gasteiger partial charge is 0.297 e. The van der Waals surface area contributed by atoms with Crippen molar-refractivity contribution in [2.45, 2.75) is 19.8 Å². The molecule has 2 heteroatoms. The summed E-state index contributed by atoms with van der Waals surface area (Å²) in [6.45, 7) is 2.87. The molecular weight excluding hydrogens is 222 g/mol. The first-order valence-corrected chi connectivity index (χ1v) is 6.32. The van der Waals surface area contributed by atoms with Crippen molar-refractivity contribution in [1.29, 1.82) is 0 Å². The van der Waals surface area contributed by atoms with Crippen LogP contribution in [-0.4, -0.2) is 18.5 Å². The summed E-state index contributed by atoms with van der Waals surface area (Å²) in [5.41, 5.74) is 0.788. The van der Waals surface area contributed by atoms with E-state index in [9.17, 15) is 4.79 Å². The molecule has 18 heavy (non-hydrogen) atoms. The van der Waals surface area contributed by atoms with Crippen molar-refractivity contribution in [3.63, 3.8) is 0 Å². The van der Waals surface area contributed by atoms with Gasteiger partial charge in [0.2, 0.25) is 0 Å². The van der Waals surface area contributed by atoms with Gasteiger partial charge in [-0.25, -0.2) is 0 Å². The first-order chi connectivity index (χ1) is 8.83. The highest BCUT2D eigenvalue weighted by molar-refractivity contribution is 6.12. The van der Waals surface area contributed by atoms with Crippen LogP contribution < -0.4 is 0 Å². The summed E-state index contributed by atoms with van der Waals surface area (Å²) >= 11 is 0. The molecule has 92 valence electrons. The number of aliphatic imine (C=N–C) groups is 1. The minimum Gasteiger partial charge on any atom is -0.297 e. The molecule has 0 bridgehead atoms. The van der Waals surface area contributed by atoms with Crippen LogP contribution in [0.4, 0.5) is 0 Å². The Bertz CT molecular complexity index is 567. The third-order valence-corrected chi connectivity index (χ3v) is 2.85. The minimum atomic E-state index is 0.131. The van der Waals surface area contributed by atoms with Crippen molar-refractivity contribution in [2.24, 2.45) is 4.99 Å². The molecule has 0 fully saturated rings. The monoisotopic (exact) mass is 239 g/mol. The summed E-state index contributed by atoms with van der Waals surface area (Å²) < 4.78 is 0. The predicted octanol–water partition coefficient (Wildman–Crippen LogP) is 3.89. The Morgan fingerprint density at radius 1 is 1.17 bits per heavy atom. The summed E-state index contributed by atoms with van der Waals surface area (Å²) in [6.07, 6.45) is 3.13. The molecular formula is C16H17NO. The summed E-state index contributed by atoms with van der Waals surface area (Å²) in [5, 5.41) is 2.13. The van der Waals surface area contributed by atoms with E-state index >= 15 is 0 Å². The molecule has 0 aliphatic carbocycles. The van der Waals surface area contributed by atoms with Crippen LogP contribution in [0.3, 0.4) is 0 Å². The fourth-order valence-corrected chi connectivity index (χ4v) is 1.95. The second-order valence-corrected chi connectivity index (χ2v) is 4.24. The molecule has 0 amide bonds. The Balaban J connectivity index is 2.22. The van der Waals surface area contributed by atoms with Gasteiger partial charge in [0.25, 0.3) is 0 Å². The van der Waals surface area contributed by atoms with E-state index in [0.717, 1.165) is 29.3 Å². The van der Waals surface area contributed by atoms with Gasteiger partial charge in [-0.2, -0.15) is 0 Å². The van der Waals surface area contributed by atoms with Crippen molar-refractivity contribution in [2.75, 3.05) is 6.54 Å². The van der Waals surface area contributed by atoms with E-state index in [1.807, 2.05) is 42.5 Å². The van der Waals surface area contributed by atoms with Gasteiger partial charge in [0.05, 0.1) is 0 Å². The number of rotatable bonds is 5. The highest BCUT2D eigenvalue weighted by Gasteiger charge is 2.07. The SMILES string of the molecule is CCCN=CCC(=O)c1cccc2ccccc12. The van der Waals surface area contributed by atoms with Crippen LogP contribution in [0.2, 0.25) is 0 Å². The average molecular weight is 239 g/mol.